The van der Waals surface area contributed by atoms with Crippen molar-refractivity contribution in [1.29, 1.82) is 0 Å². The van der Waals surface area contributed by atoms with Gasteiger partial charge in [0, 0.05) is 18.2 Å². The van der Waals surface area contributed by atoms with E-state index in [4.69, 9.17) is 9.15 Å². The van der Waals surface area contributed by atoms with Gasteiger partial charge in [-0.15, -0.1) is 0 Å². The molecule has 1 atom stereocenters. The number of nitrogens with one attached hydrogen (secondary N) is 1. The van der Waals surface area contributed by atoms with E-state index in [1.54, 1.807) is 18.2 Å². The second kappa shape index (κ2) is 10.4. The summed E-state index contributed by atoms with van der Waals surface area (Å²) < 4.78 is 25.2. The summed E-state index contributed by atoms with van der Waals surface area (Å²) in [5.41, 5.74) is 4.89. The number of furan rings is 1. The number of hydrogen-bond acceptors (Lipinski definition) is 4. The van der Waals surface area contributed by atoms with Gasteiger partial charge in [0.25, 0.3) is 5.91 Å². The summed E-state index contributed by atoms with van der Waals surface area (Å²) in [6, 6.07) is 23.1. The van der Waals surface area contributed by atoms with E-state index in [2.05, 4.69) is 36.5 Å². The van der Waals surface area contributed by atoms with Crippen LogP contribution in [-0.4, -0.2) is 23.3 Å². The first-order valence-electron chi connectivity index (χ1n) is 13.2. The Bertz CT molecular complexity index is 1540. The summed E-state index contributed by atoms with van der Waals surface area (Å²) >= 11 is 0. The van der Waals surface area contributed by atoms with Gasteiger partial charge in [-0.25, -0.2) is 4.39 Å². The third-order valence-corrected chi connectivity index (χ3v) is 7.26. The summed E-state index contributed by atoms with van der Waals surface area (Å²) in [5.74, 6) is 0.727. The van der Waals surface area contributed by atoms with Crippen molar-refractivity contribution in [2.75, 3.05) is 11.9 Å². The predicted octanol–water partition coefficient (Wildman–Crippen LogP) is 6.44. The Hall–Kier alpha value is -4.39. The van der Waals surface area contributed by atoms with Crippen molar-refractivity contribution in [1.82, 2.24) is 4.90 Å². The standard InChI is InChI=1S/C32H29FN2O4/c1-20-4-2-5-23(16-20)30-28-18-26(11-10-21(28)14-15-35(30)32(37)22-8-9-22)38-19-27-12-13-29(39-27)31(36)34-25-7-3-6-24(33)17-25/h2-7,10-13,16-18,22,30H,8-9,14-15,19H2,1H3,(H,34,36). The SMILES string of the molecule is Cc1cccc(C2c3cc(OCc4ccc(C(=O)Nc5cccc(F)c5)o4)ccc3CCN2C(=O)C2CC2)c1. The van der Waals surface area contributed by atoms with Crippen molar-refractivity contribution < 1.29 is 23.1 Å². The molecule has 2 heterocycles. The van der Waals surface area contributed by atoms with Gasteiger partial charge >= 0.3 is 0 Å². The number of rotatable bonds is 7. The minimum atomic E-state index is -0.470. The van der Waals surface area contributed by atoms with Gasteiger partial charge in [0.05, 0.1) is 6.04 Å². The molecule has 0 bridgehead atoms. The summed E-state index contributed by atoms with van der Waals surface area (Å²) in [6.07, 6.45) is 2.74. The lowest BCUT2D eigenvalue weighted by Crippen LogP contribution is -2.41. The molecule has 6 nitrogen and oxygen atoms in total. The largest absolute Gasteiger partial charge is 0.486 e. The lowest BCUT2D eigenvalue weighted by atomic mass is 9.87. The van der Waals surface area contributed by atoms with Crippen molar-refractivity contribution in [2.24, 2.45) is 5.92 Å². The highest BCUT2D eigenvalue weighted by atomic mass is 19.1. The van der Waals surface area contributed by atoms with Gasteiger partial charge in [-0.05, 0) is 85.3 Å². The summed E-state index contributed by atoms with van der Waals surface area (Å²) in [4.78, 5) is 27.8. The van der Waals surface area contributed by atoms with Crippen molar-refractivity contribution >= 4 is 17.5 Å². The van der Waals surface area contributed by atoms with Crippen LogP contribution in [0.5, 0.6) is 5.75 Å². The Labute approximate surface area is 226 Å². The second-order valence-electron chi connectivity index (χ2n) is 10.3. The van der Waals surface area contributed by atoms with E-state index < -0.39 is 11.7 Å². The van der Waals surface area contributed by atoms with Gasteiger partial charge in [0.2, 0.25) is 5.91 Å². The number of fused-ring (bicyclic) bond motifs is 1. The molecule has 3 aromatic carbocycles. The molecule has 2 aliphatic rings. The monoisotopic (exact) mass is 524 g/mol. The first-order chi connectivity index (χ1) is 18.9. The molecule has 1 saturated carbocycles. The maximum atomic E-state index is 13.4. The van der Waals surface area contributed by atoms with Crippen molar-refractivity contribution in [3.8, 4) is 5.75 Å². The smallest absolute Gasteiger partial charge is 0.291 e. The summed E-state index contributed by atoms with van der Waals surface area (Å²) in [6.45, 7) is 2.90. The number of benzene rings is 3. The molecule has 7 heteroatoms. The lowest BCUT2D eigenvalue weighted by molar-refractivity contribution is -0.134. The second-order valence-corrected chi connectivity index (χ2v) is 10.3. The molecule has 6 rings (SSSR count). The average molecular weight is 525 g/mol. The number of ether oxygens (including phenoxy) is 1. The van der Waals surface area contributed by atoms with Crippen LogP contribution in [0.15, 0.2) is 83.3 Å². The highest BCUT2D eigenvalue weighted by Gasteiger charge is 2.39. The molecule has 198 valence electrons. The Morgan fingerprint density at radius 3 is 2.67 bits per heavy atom. The van der Waals surface area contributed by atoms with Crippen LogP contribution in [0.1, 0.15) is 57.5 Å². The number of carbonyl (C=O) groups excluding carboxylic acids is 2. The molecule has 0 saturated heterocycles. The van der Waals surface area contributed by atoms with E-state index in [-0.39, 0.29) is 30.2 Å². The Morgan fingerprint density at radius 1 is 1.03 bits per heavy atom. The number of hydrogen-bond donors (Lipinski definition) is 1. The normalized spacial score (nSPS) is 16.5. The number of aryl methyl sites for hydroxylation is 1. The number of halogens is 1. The minimum absolute atomic E-state index is 0.108. The Kier molecular flexibility index (Phi) is 6.65. The van der Waals surface area contributed by atoms with Crippen LogP contribution in [0.2, 0.25) is 0 Å². The first kappa shape index (κ1) is 24.9. The number of anilines is 1. The summed E-state index contributed by atoms with van der Waals surface area (Å²) in [5, 5.41) is 2.62. The zero-order chi connectivity index (χ0) is 26.9. The maximum absolute atomic E-state index is 13.4. The molecule has 1 N–H and O–H groups in total. The molecule has 2 amide bonds. The number of amides is 2. The van der Waals surface area contributed by atoms with Crippen molar-refractivity contribution in [3.63, 3.8) is 0 Å². The average Bonchev–Trinajstić information content (AvgIpc) is 3.67. The summed E-state index contributed by atoms with van der Waals surface area (Å²) in [7, 11) is 0. The maximum Gasteiger partial charge on any atom is 0.291 e. The van der Waals surface area contributed by atoms with Crippen molar-refractivity contribution in [2.45, 2.75) is 38.8 Å². The molecule has 0 radical (unpaired) electrons. The molecule has 1 aliphatic carbocycles. The quantitative estimate of drug-likeness (QED) is 0.302. The van der Waals surface area contributed by atoms with Gasteiger partial charge in [-0.1, -0.05) is 42.0 Å². The zero-order valence-corrected chi connectivity index (χ0v) is 21.7. The zero-order valence-electron chi connectivity index (χ0n) is 21.7. The van der Waals surface area contributed by atoms with E-state index >= 15 is 0 Å². The fourth-order valence-electron chi connectivity index (χ4n) is 5.18. The van der Waals surface area contributed by atoms with Crippen LogP contribution in [0.3, 0.4) is 0 Å². The minimum Gasteiger partial charge on any atom is -0.486 e. The fourth-order valence-corrected chi connectivity index (χ4v) is 5.18. The van der Waals surface area contributed by atoms with Gasteiger partial charge in [0.1, 0.15) is 23.9 Å². The van der Waals surface area contributed by atoms with Gasteiger partial charge < -0.3 is 19.4 Å². The van der Waals surface area contributed by atoms with Gasteiger partial charge in [-0.2, -0.15) is 0 Å². The highest BCUT2D eigenvalue weighted by Crippen LogP contribution is 2.41. The molecule has 4 aromatic rings. The van der Waals surface area contributed by atoms with Crippen LogP contribution < -0.4 is 10.1 Å². The molecular formula is C32H29FN2O4. The third kappa shape index (κ3) is 5.43. The Morgan fingerprint density at radius 2 is 1.87 bits per heavy atom. The third-order valence-electron chi connectivity index (χ3n) is 7.26. The van der Waals surface area contributed by atoms with Crippen LogP contribution in [-0.2, 0) is 17.8 Å². The fraction of sp³-hybridized carbons (Fsp3) is 0.250. The van der Waals surface area contributed by atoms with E-state index in [9.17, 15) is 14.0 Å². The molecule has 39 heavy (non-hydrogen) atoms. The van der Waals surface area contributed by atoms with Crippen molar-refractivity contribution in [3.05, 3.63) is 118 Å². The van der Waals surface area contributed by atoms with Crippen LogP contribution in [0.4, 0.5) is 10.1 Å². The molecular weight excluding hydrogens is 495 g/mol. The van der Waals surface area contributed by atoms with Crippen LogP contribution >= 0.6 is 0 Å². The van der Waals surface area contributed by atoms with Crippen LogP contribution in [0.25, 0.3) is 0 Å². The van der Waals surface area contributed by atoms with E-state index in [0.29, 0.717) is 23.7 Å². The molecule has 1 unspecified atom stereocenters. The topological polar surface area (TPSA) is 71.8 Å². The number of carbonyl (C=O) groups is 2. The van der Waals surface area contributed by atoms with E-state index in [1.807, 2.05) is 23.1 Å². The molecule has 1 aliphatic heterocycles. The van der Waals surface area contributed by atoms with Gasteiger partial charge in [-0.3, -0.25) is 9.59 Å². The predicted molar refractivity (Wildman–Crippen MR) is 145 cm³/mol. The van der Waals surface area contributed by atoms with E-state index in [1.165, 1.54) is 23.8 Å². The lowest BCUT2D eigenvalue weighted by Gasteiger charge is -2.38. The molecule has 0 spiro atoms. The van der Waals surface area contributed by atoms with Gasteiger partial charge in [0.15, 0.2) is 5.76 Å². The molecule has 1 fully saturated rings. The molecule has 1 aromatic heterocycles. The Balaban J connectivity index is 1.20. The number of nitrogens with zero attached hydrogens (tertiary/aromatic N) is 1. The van der Waals surface area contributed by atoms with E-state index in [0.717, 1.165) is 36.0 Å². The van der Waals surface area contributed by atoms with Crippen LogP contribution in [0, 0.1) is 18.7 Å². The highest BCUT2D eigenvalue weighted by molar-refractivity contribution is 6.02. The first-order valence-corrected chi connectivity index (χ1v) is 13.2.